The highest BCUT2D eigenvalue weighted by molar-refractivity contribution is 8.02. The molecule has 0 fully saturated rings. The fourth-order valence-electron chi connectivity index (χ4n) is 1.75. The van der Waals surface area contributed by atoms with E-state index in [4.69, 9.17) is 4.74 Å². The molecule has 0 aliphatic heterocycles. The zero-order valence-electron chi connectivity index (χ0n) is 11.1. The molecule has 2 rings (SSSR count). The summed E-state index contributed by atoms with van der Waals surface area (Å²) >= 11 is 3.15. The van der Waals surface area contributed by atoms with E-state index in [0.717, 1.165) is 27.4 Å². The summed E-state index contributed by atoms with van der Waals surface area (Å²) in [6, 6.07) is 8.03. The molecule has 0 aliphatic carbocycles. The molecule has 0 amide bonds. The van der Waals surface area contributed by atoms with Gasteiger partial charge in [-0.15, -0.1) is 11.3 Å². The van der Waals surface area contributed by atoms with E-state index in [1.54, 1.807) is 11.3 Å². The summed E-state index contributed by atoms with van der Waals surface area (Å²) in [6.07, 6.45) is 1.78. The number of rotatable bonds is 6. The zero-order chi connectivity index (χ0) is 13.7. The third kappa shape index (κ3) is 3.70. The van der Waals surface area contributed by atoms with Gasteiger partial charge in [0.1, 0.15) is 5.25 Å². The van der Waals surface area contributed by atoms with Crippen LogP contribution in [0.2, 0.25) is 0 Å². The number of thioether (sulfide) groups is 1. The first-order valence-corrected chi connectivity index (χ1v) is 8.13. The average molecular weight is 295 g/mol. The molecule has 3 nitrogen and oxygen atoms in total. The third-order valence-corrected chi connectivity index (χ3v) is 4.99. The molecule has 2 aromatic rings. The van der Waals surface area contributed by atoms with Crippen LogP contribution in [0.4, 0.5) is 0 Å². The maximum atomic E-state index is 11.9. The van der Waals surface area contributed by atoms with E-state index >= 15 is 0 Å². The smallest absolute Gasteiger partial charge is 0.319 e. The van der Waals surface area contributed by atoms with Crippen LogP contribution in [-0.2, 0) is 9.53 Å². The van der Waals surface area contributed by atoms with E-state index < -0.39 is 0 Å². The maximum Gasteiger partial charge on any atom is 0.319 e. The maximum absolute atomic E-state index is 11.9. The Morgan fingerprint density at radius 2 is 2.21 bits per heavy atom. The van der Waals surface area contributed by atoms with E-state index in [0.29, 0.717) is 6.61 Å². The average Bonchev–Trinajstić information content (AvgIpc) is 2.80. The molecule has 0 N–H and O–H groups in total. The quantitative estimate of drug-likeness (QED) is 0.593. The molecule has 0 radical (unpaired) electrons. The molecule has 1 atom stereocenters. The minimum absolute atomic E-state index is 0.131. The summed E-state index contributed by atoms with van der Waals surface area (Å²) in [5.41, 5.74) is 0.995. The highest BCUT2D eigenvalue weighted by Gasteiger charge is 2.21. The summed E-state index contributed by atoms with van der Waals surface area (Å²) in [6.45, 7) is 4.34. The number of nitrogens with zero attached hydrogens (tertiary/aromatic N) is 1. The number of carbonyl (C=O) groups is 1. The van der Waals surface area contributed by atoms with Gasteiger partial charge in [-0.25, -0.2) is 4.98 Å². The lowest BCUT2D eigenvalue weighted by molar-refractivity contribution is -0.142. The number of esters is 1. The number of thiazole rings is 1. The number of aromatic nitrogens is 1. The van der Waals surface area contributed by atoms with Gasteiger partial charge in [0.05, 0.1) is 16.8 Å². The highest BCUT2D eigenvalue weighted by atomic mass is 32.2. The molecule has 1 unspecified atom stereocenters. The van der Waals surface area contributed by atoms with Crippen LogP contribution < -0.4 is 0 Å². The first kappa shape index (κ1) is 14.3. The summed E-state index contributed by atoms with van der Waals surface area (Å²) in [5, 5.41) is -0.148. The molecule has 0 saturated heterocycles. The van der Waals surface area contributed by atoms with Gasteiger partial charge in [-0.1, -0.05) is 37.2 Å². The molecule has 102 valence electrons. The van der Waals surface area contributed by atoms with Gasteiger partial charge in [-0.3, -0.25) is 4.79 Å². The molecular weight excluding hydrogens is 278 g/mol. The Bertz CT molecular complexity index is 520. The first-order chi connectivity index (χ1) is 9.24. The Hall–Kier alpha value is -1.07. The van der Waals surface area contributed by atoms with E-state index in [9.17, 15) is 4.79 Å². The van der Waals surface area contributed by atoms with Crippen molar-refractivity contribution in [1.29, 1.82) is 0 Å². The van der Waals surface area contributed by atoms with Crippen molar-refractivity contribution in [2.75, 3.05) is 6.61 Å². The molecule has 1 aromatic heterocycles. The summed E-state index contributed by atoms with van der Waals surface area (Å²) in [4.78, 5) is 16.4. The van der Waals surface area contributed by atoms with Gasteiger partial charge in [-0.05, 0) is 25.5 Å². The molecule has 0 aliphatic rings. The predicted octanol–water partition coefficient (Wildman–Crippen LogP) is 4.12. The monoisotopic (exact) mass is 295 g/mol. The summed E-state index contributed by atoms with van der Waals surface area (Å²) in [5.74, 6) is -0.131. The van der Waals surface area contributed by atoms with Crippen molar-refractivity contribution in [1.82, 2.24) is 4.98 Å². The number of hydrogen-bond acceptors (Lipinski definition) is 5. The van der Waals surface area contributed by atoms with Crippen molar-refractivity contribution in [3.63, 3.8) is 0 Å². The van der Waals surface area contributed by atoms with Gasteiger partial charge in [0, 0.05) is 0 Å². The second kappa shape index (κ2) is 6.91. The van der Waals surface area contributed by atoms with Crippen LogP contribution in [-0.4, -0.2) is 22.8 Å². The van der Waals surface area contributed by atoms with Gasteiger partial charge in [-0.2, -0.15) is 0 Å². The van der Waals surface area contributed by atoms with E-state index in [1.165, 1.54) is 11.8 Å². The van der Waals surface area contributed by atoms with E-state index in [1.807, 2.05) is 25.1 Å². The Morgan fingerprint density at radius 3 is 2.89 bits per heavy atom. The first-order valence-electron chi connectivity index (χ1n) is 6.43. The van der Waals surface area contributed by atoms with Crippen LogP contribution in [0.5, 0.6) is 0 Å². The van der Waals surface area contributed by atoms with Crippen LogP contribution >= 0.6 is 23.1 Å². The normalized spacial score (nSPS) is 12.5. The standard InChI is InChI=1S/C14H17NO2S2/c1-3-7-12(13(16)17-4-2)19-14-15-10-8-5-6-9-11(10)18-14/h5-6,8-9,12H,3-4,7H2,1-2H3. The minimum atomic E-state index is -0.148. The molecule has 1 aromatic carbocycles. The number of hydrogen-bond donors (Lipinski definition) is 0. The molecule has 0 spiro atoms. The van der Waals surface area contributed by atoms with Crippen molar-refractivity contribution in [3.05, 3.63) is 24.3 Å². The molecule has 0 saturated carbocycles. The number of ether oxygens (including phenoxy) is 1. The molecule has 1 heterocycles. The number of para-hydroxylation sites is 1. The Morgan fingerprint density at radius 1 is 1.42 bits per heavy atom. The SMILES string of the molecule is CCCC(Sc1nc2ccccc2s1)C(=O)OCC. The predicted molar refractivity (Wildman–Crippen MR) is 80.8 cm³/mol. The van der Waals surface area contributed by atoms with Gasteiger partial charge in [0.2, 0.25) is 0 Å². The Kier molecular flexibility index (Phi) is 5.22. The molecular formula is C14H17NO2S2. The van der Waals surface area contributed by atoms with E-state index in [2.05, 4.69) is 18.0 Å². The number of fused-ring (bicyclic) bond motifs is 1. The van der Waals surface area contributed by atoms with Gasteiger partial charge >= 0.3 is 5.97 Å². The van der Waals surface area contributed by atoms with Gasteiger partial charge < -0.3 is 4.74 Å². The largest absolute Gasteiger partial charge is 0.465 e. The third-order valence-electron chi connectivity index (χ3n) is 2.62. The van der Waals surface area contributed by atoms with Crippen molar-refractivity contribution in [2.45, 2.75) is 36.3 Å². The minimum Gasteiger partial charge on any atom is -0.465 e. The van der Waals surface area contributed by atoms with Crippen molar-refractivity contribution in [2.24, 2.45) is 0 Å². The summed E-state index contributed by atoms with van der Waals surface area (Å²) in [7, 11) is 0. The van der Waals surface area contributed by atoms with E-state index in [-0.39, 0.29) is 11.2 Å². The van der Waals surface area contributed by atoms with Gasteiger partial charge in [0.25, 0.3) is 0 Å². The highest BCUT2D eigenvalue weighted by Crippen LogP contribution is 2.33. The van der Waals surface area contributed by atoms with Crippen LogP contribution in [0.15, 0.2) is 28.6 Å². The Balaban J connectivity index is 2.13. The fraction of sp³-hybridized carbons (Fsp3) is 0.429. The van der Waals surface area contributed by atoms with Crippen molar-refractivity contribution < 1.29 is 9.53 Å². The van der Waals surface area contributed by atoms with Crippen LogP contribution in [0, 0.1) is 0 Å². The lowest BCUT2D eigenvalue weighted by Crippen LogP contribution is -2.19. The lowest BCUT2D eigenvalue weighted by atomic mass is 10.2. The van der Waals surface area contributed by atoms with Crippen LogP contribution in [0.1, 0.15) is 26.7 Å². The molecule has 5 heteroatoms. The fourth-order valence-corrected chi connectivity index (χ4v) is 4.16. The van der Waals surface area contributed by atoms with Crippen molar-refractivity contribution in [3.8, 4) is 0 Å². The second-order valence-electron chi connectivity index (χ2n) is 4.09. The van der Waals surface area contributed by atoms with Gasteiger partial charge in [0.15, 0.2) is 4.34 Å². The van der Waals surface area contributed by atoms with Crippen LogP contribution in [0.25, 0.3) is 10.2 Å². The second-order valence-corrected chi connectivity index (χ2v) is 6.58. The Labute approximate surface area is 121 Å². The number of carbonyl (C=O) groups excluding carboxylic acids is 1. The topological polar surface area (TPSA) is 39.2 Å². The zero-order valence-corrected chi connectivity index (χ0v) is 12.7. The molecule has 19 heavy (non-hydrogen) atoms. The number of benzene rings is 1. The summed E-state index contributed by atoms with van der Waals surface area (Å²) < 4.78 is 7.21. The molecule has 0 bridgehead atoms. The van der Waals surface area contributed by atoms with Crippen LogP contribution in [0.3, 0.4) is 0 Å². The van der Waals surface area contributed by atoms with Crippen molar-refractivity contribution >= 4 is 39.3 Å². The lowest BCUT2D eigenvalue weighted by Gasteiger charge is -2.12.